The molecule has 1 aliphatic rings. The molecule has 2 aromatic rings. The Bertz CT molecular complexity index is 532. The Hall–Kier alpha value is -1.52. The van der Waals surface area contributed by atoms with Crippen LogP contribution in [0.1, 0.15) is 24.6 Å². The smallest absolute Gasteiger partial charge is 0.118 e. The fourth-order valence-corrected chi connectivity index (χ4v) is 2.56. The zero-order valence-corrected chi connectivity index (χ0v) is 12.4. The molecule has 1 aromatic heterocycles. The van der Waals surface area contributed by atoms with Gasteiger partial charge in [-0.25, -0.2) is 4.98 Å². The van der Waals surface area contributed by atoms with Crippen LogP contribution in [0.4, 0.5) is 0 Å². The van der Waals surface area contributed by atoms with Gasteiger partial charge in [-0.2, -0.15) is 0 Å². The second kappa shape index (κ2) is 6.77. The van der Waals surface area contributed by atoms with E-state index in [0.717, 1.165) is 48.8 Å². The molecule has 5 heteroatoms. The summed E-state index contributed by atoms with van der Waals surface area (Å²) in [5, 5.41) is 3.38. The molecule has 0 radical (unpaired) electrons. The summed E-state index contributed by atoms with van der Waals surface area (Å²) in [6.45, 7) is 2.17. The van der Waals surface area contributed by atoms with E-state index in [1.807, 2.05) is 18.3 Å². The van der Waals surface area contributed by atoms with Gasteiger partial charge < -0.3 is 15.0 Å². The van der Waals surface area contributed by atoms with Crippen LogP contribution in [-0.4, -0.2) is 30.2 Å². The minimum atomic E-state index is 0. The van der Waals surface area contributed by atoms with Crippen molar-refractivity contribution in [1.29, 1.82) is 0 Å². The van der Waals surface area contributed by atoms with E-state index in [1.165, 1.54) is 0 Å². The molecule has 1 aliphatic heterocycles. The molecule has 1 saturated heterocycles. The number of aromatic amines is 1. The highest BCUT2D eigenvalue weighted by molar-refractivity contribution is 5.85. The molecule has 2 N–H and O–H groups in total. The number of nitrogens with zero attached hydrogens (tertiary/aromatic N) is 1. The van der Waals surface area contributed by atoms with Crippen molar-refractivity contribution < 1.29 is 4.74 Å². The van der Waals surface area contributed by atoms with Gasteiger partial charge in [0.25, 0.3) is 0 Å². The minimum absolute atomic E-state index is 0. The van der Waals surface area contributed by atoms with Crippen LogP contribution in [0.2, 0.25) is 0 Å². The zero-order valence-electron chi connectivity index (χ0n) is 11.6. The van der Waals surface area contributed by atoms with Crippen molar-refractivity contribution >= 4 is 12.4 Å². The first-order valence-corrected chi connectivity index (χ1v) is 6.77. The summed E-state index contributed by atoms with van der Waals surface area (Å²) < 4.78 is 5.17. The molecule has 4 nitrogen and oxygen atoms in total. The first-order chi connectivity index (χ1) is 9.36. The molecule has 3 rings (SSSR count). The van der Waals surface area contributed by atoms with Crippen LogP contribution >= 0.6 is 12.4 Å². The molecule has 0 amide bonds. The first kappa shape index (κ1) is 14.9. The molecule has 1 fully saturated rings. The molecule has 0 spiro atoms. The van der Waals surface area contributed by atoms with Crippen LogP contribution in [0, 0.1) is 0 Å². The molecule has 2 heterocycles. The number of imidazole rings is 1. The number of piperidine rings is 1. The number of rotatable bonds is 3. The second-order valence-electron chi connectivity index (χ2n) is 4.93. The van der Waals surface area contributed by atoms with E-state index in [9.17, 15) is 0 Å². The highest BCUT2D eigenvalue weighted by Gasteiger charge is 2.18. The normalized spacial score (nSPS) is 15.7. The van der Waals surface area contributed by atoms with Crippen molar-refractivity contribution in [3.8, 4) is 17.0 Å². The van der Waals surface area contributed by atoms with Gasteiger partial charge in [0.15, 0.2) is 0 Å². The van der Waals surface area contributed by atoms with Gasteiger partial charge in [0.1, 0.15) is 11.6 Å². The third-order valence-electron chi connectivity index (χ3n) is 3.72. The van der Waals surface area contributed by atoms with Gasteiger partial charge in [-0.15, -0.1) is 12.4 Å². The second-order valence-corrected chi connectivity index (χ2v) is 4.93. The Balaban J connectivity index is 0.00000147. The molecule has 108 valence electrons. The number of hydrogen-bond acceptors (Lipinski definition) is 3. The van der Waals surface area contributed by atoms with Crippen molar-refractivity contribution in [2.45, 2.75) is 18.8 Å². The molecular weight excluding hydrogens is 274 g/mol. The number of nitrogens with one attached hydrogen (secondary N) is 2. The number of ether oxygens (including phenoxy) is 1. The Morgan fingerprint density at radius 3 is 2.50 bits per heavy atom. The highest BCUT2D eigenvalue weighted by atomic mass is 35.5. The number of benzene rings is 1. The van der Waals surface area contributed by atoms with Gasteiger partial charge in [-0.3, -0.25) is 0 Å². The van der Waals surface area contributed by atoms with Crippen LogP contribution < -0.4 is 10.1 Å². The number of H-pyrrole nitrogens is 1. The van der Waals surface area contributed by atoms with E-state index in [4.69, 9.17) is 4.74 Å². The largest absolute Gasteiger partial charge is 0.497 e. The van der Waals surface area contributed by atoms with Crippen molar-refractivity contribution in [2.24, 2.45) is 0 Å². The Kier molecular flexibility index (Phi) is 5.04. The van der Waals surface area contributed by atoms with E-state index in [-0.39, 0.29) is 12.4 Å². The maximum absolute atomic E-state index is 5.17. The van der Waals surface area contributed by atoms with Crippen LogP contribution in [0.3, 0.4) is 0 Å². The number of aromatic nitrogens is 2. The van der Waals surface area contributed by atoms with E-state index in [1.54, 1.807) is 7.11 Å². The summed E-state index contributed by atoms with van der Waals surface area (Å²) in [6, 6.07) is 8.05. The Morgan fingerprint density at radius 1 is 1.15 bits per heavy atom. The summed E-state index contributed by atoms with van der Waals surface area (Å²) in [5.74, 6) is 2.56. The maximum atomic E-state index is 5.17. The van der Waals surface area contributed by atoms with E-state index in [0.29, 0.717) is 5.92 Å². The molecule has 0 unspecified atom stereocenters. The maximum Gasteiger partial charge on any atom is 0.118 e. The summed E-state index contributed by atoms with van der Waals surface area (Å²) in [6.07, 6.45) is 4.25. The topological polar surface area (TPSA) is 49.9 Å². The minimum Gasteiger partial charge on any atom is -0.497 e. The van der Waals surface area contributed by atoms with E-state index in [2.05, 4.69) is 27.4 Å². The van der Waals surface area contributed by atoms with Gasteiger partial charge in [-0.05, 0) is 55.8 Å². The average Bonchev–Trinajstić information content (AvgIpc) is 2.98. The summed E-state index contributed by atoms with van der Waals surface area (Å²) in [7, 11) is 1.68. The molecule has 0 atom stereocenters. The number of methoxy groups -OCH3 is 1. The van der Waals surface area contributed by atoms with Crippen molar-refractivity contribution in [3.63, 3.8) is 0 Å². The van der Waals surface area contributed by atoms with Gasteiger partial charge >= 0.3 is 0 Å². The van der Waals surface area contributed by atoms with Gasteiger partial charge in [-0.1, -0.05) is 0 Å². The molecule has 20 heavy (non-hydrogen) atoms. The quantitative estimate of drug-likeness (QED) is 0.915. The van der Waals surface area contributed by atoms with E-state index < -0.39 is 0 Å². The molecule has 0 saturated carbocycles. The first-order valence-electron chi connectivity index (χ1n) is 6.77. The van der Waals surface area contributed by atoms with Gasteiger partial charge in [0, 0.05) is 5.92 Å². The number of hydrogen-bond donors (Lipinski definition) is 2. The van der Waals surface area contributed by atoms with Crippen molar-refractivity contribution in [1.82, 2.24) is 15.3 Å². The summed E-state index contributed by atoms with van der Waals surface area (Å²) in [5.41, 5.74) is 2.23. The van der Waals surface area contributed by atoms with Crippen LogP contribution in [-0.2, 0) is 0 Å². The van der Waals surface area contributed by atoms with Crippen LogP contribution in [0.5, 0.6) is 5.75 Å². The third-order valence-corrected chi connectivity index (χ3v) is 3.72. The van der Waals surface area contributed by atoms with Crippen molar-refractivity contribution in [3.05, 3.63) is 36.3 Å². The van der Waals surface area contributed by atoms with Gasteiger partial charge in [0.05, 0.1) is 19.0 Å². The summed E-state index contributed by atoms with van der Waals surface area (Å²) in [4.78, 5) is 8.00. The Labute approximate surface area is 125 Å². The zero-order chi connectivity index (χ0) is 13.1. The van der Waals surface area contributed by atoms with E-state index >= 15 is 0 Å². The molecule has 0 aliphatic carbocycles. The lowest BCUT2D eigenvalue weighted by Crippen LogP contribution is -2.27. The lowest BCUT2D eigenvalue weighted by Gasteiger charge is -2.20. The van der Waals surface area contributed by atoms with Gasteiger partial charge in [0.2, 0.25) is 0 Å². The lowest BCUT2D eigenvalue weighted by atomic mass is 9.98. The molecular formula is C15H20ClN3O. The average molecular weight is 294 g/mol. The lowest BCUT2D eigenvalue weighted by molar-refractivity contribution is 0.415. The number of halogens is 1. The summed E-state index contributed by atoms with van der Waals surface area (Å²) >= 11 is 0. The highest BCUT2D eigenvalue weighted by Crippen LogP contribution is 2.26. The SMILES string of the molecule is COc1ccc(-c2cnc(C3CCNCC3)[nH]2)cc1.Cl. The Morgan fingerprint density at radius 2 is 1.85 bits per heavy atom. The van der Waals surface area contributed by atoms with Crippen LogP contribution in [0.25, 0.3) is 11.3 Å². The van der Waals surface area contributed by atoms with Crippen molar-refractivity contribution in [2.75, 3.05) is 20.2 Å². The fraction of sp³-hybridized carbons (Fsp3) is 0.400. The van der Waals surface area contributed by atoms with Crippen LogP contribution in [0.15, 0.2) is 30.5 Å². The standard InChI is InChI=1S/C15H19N3O.ClH/c1-19-13-4-2-11(3-5-13)14-10-17-15(18-14)12-6-8-16-9-7-12;/h2-5,10,12,16H,6-9H2,1H3,(H,17,18);1H. The predicted octanol–water partition coefficient (Wildman–Crippen LogP) is 2.97. The fourth-order valence-electron chi connectivity index (χ4n) is 2.56. The monoisotopic (exact) mass is 293 g/mol. The molecule has 1 aromatic carbocycles. The molecule has 0 bridgehead atoms. The third kappa shape index (κ3) is 3.14. The predicted molar refractivity (Wildman–Crippen MR) is 82.7 cm³/mol.